The van der Waals surface area contributed by atoms with E-state index in [4.69, 9.17) is 18.5 Å². The number of unbranched alkanes of at least 4 members (excludes halogenated alkanes) is 21. The summed E-state index contributed by atoms with van der Waals surface area (Å²) in [6.45, 7) is 3.26. The molecule has 0 saturated heterocycles. The van der Waals surface area contributed by atoms with Crippen LogP contribution in [0.1, 0.15) is 187 Å². The fraction of sp³-hybridized carbons (Fsp3) is 0.864. The fourth-order valence-electron chi connectivity index (χ4n) is 6.81. The van der Waals surface area contributed by atoms with Crippen molar-refractivity contribution in [3.8, 4) is 0 Å². The van der Waals surface area contributed by atoms with Gasteiger partial charge in [0.05, 0.1) is 6.61 Å². The first-order chi connectivity index (χ1) is 27.9. The van der Waals surface area contributed by atoms with Crippen LogP contribution in [0.5, 0.6) is 0 Å². The first-order valence-corrected chi connectivity index (χ1v) is 24.1. The lowest BCUT2D eigenvalue weighted by Gasteiger charge is -2.41. The van der Waals surface area contributed by atoms with Crippen molar-refractivity contribution >= 4 is 19.8 Å². The molecule has 0 amide bonds. The van der Waals surface area contributed by atoms with E-state index in [2.05, 4.69) is 38.2 Å². The van der Waals surface area contributed by atoms with Crippen molar-refractivity contribution in [2.24, 2.45) is 0 Å². The second-order valence-corrected chi connectivity index (χ2v) is 17.3. The largest absolute Gasteiger partial charge is 0.472 e. The van der Waals surface area contributed by atoms with E-state index in [1.807, 2.05) is 0 Å². The molecule has 0 aliphatic heterocycles. The van der Waals surface area contributed by atoms with Crippen molar-refractivity contribution in [1.29, 1.82) is 0 Å². The summed E-state index contributed by atoms with van der Waals surface area (Å²) in [5.74, 6) is -1.12. The predicted molar refractivity (Wildman–Crippen MR) is 226 cm³/mol. The number of aliphatic hydroxyl groups excluding tert-OH is 5. The zero-order valence-corrected chi connectivity index (χ0v) is 36.7. The van der Waals surface area contributed by atoms with Crippen LogP contribution in [0.3, 0.4) is 0 Å². The summed E-state index contributed by atoms with van der Waals surface area (Å²) < 4.78 is 33.5. The summed E-state index contributed by atoms with van der Waals surface area (Å²) >= 11 is 0. The zero-order valence-electron chi connectivity index (χ0n) is 35.8. The standard InChI is InChI=1S/C44H81O13P/c1-3-5-7-9-11-13-15-17-18-19-21-23-25-27-29-31-33-38(46)56-36(35-55-58(52,53)57-44-42(50)40(48)39(47)41(49)43(44)51)34-54-37(45)32-30-28-26-24-22-20-16-14-12-10-8-6-4-2/h14,16,18-19,36,39-44,47-51H,3-13,15,17,20-35H2,1-2H3,(H,52,53)/b16-14-,19-18-/t36-,39?,40-,41?,42?,43?,44?/m1/s1. The van der Waals surface area contributed by atoms with E-state index in [1.54, 1.807) is 0 Å². The van der Waals surface area contributed by atoms with Crippen LogP contribution >= 0.6 is 7.82 Å². The maximum Gasteiger partial charge on any atom is 0.472 e. The van der Waals surface area contributed by atoms with Crippen molar-refractivity contribution in [2.45, 2.75) is 230 Å². The van der Waals surface area contributed by atoms with Gasteiger partial charge in [-0.05, 0) is 64.2 Å². The minimum absolute atomic E-state index is 0.0867. The van der Waals surface area contributed by atoms with Gasteiger partial charge in [0.1, 0.15) is 43.2 Å². The van der Waals surface area contributed by atoms with Gasteiger partial charge in [-0.2, -0.15) is 0 Å². The van der Waals surface area contributed by atoms with Crippen LogP contribution in [0.15, 0.2) is 24.3 Å². The Labute approximate surface area is 349 Å². The maximum atomic E-state index is 12.8. The molecule has 0 aromatic heterocycles. The number of allylic oxidation sites excluding steroid dienone is 4. The molecule has 0 bridgehead atoms. The number of carbonyl (C=O) groups is 2. The Morgan fingerprint density at radius 3 is 1.33 bits per heavy atom. The Morgan fingerprint density at radius 1 is 0.517 bits per heavy atom. The Morgan fingerprint density at radius 2 is 0.879 bits per heavy atom. The van der Waals surface area contributed by atoms with Crippen molar-refractivity contribution in [3.05, 3.63) is 24.3 Å². The number of phosphoric ester groups is 1. The molecule has 0 aromatic carbocycles. The topological polar surface area (TPSA) is 210 Å². The summed E-state index contributed by atoms with van der Waals surface area (Å²) in [6, 6.07) is 0. The monoisotopic (exact) mass is 849 g/mol. The van der Waals surface area contributed by atoms with Gasteiger partial charge < -0.3 is 39.9 Å². The van der Waals surface area contributed by atoms with Gasteiger partial charge in [0.2, 0.25) is 0 Å². The van der Waals surface area contributed by atoms with Gasteiger partial charge in [0.25, 0.3) is 0 Å². The van der Waals surface area contributed by atoms with Crippen LogP contribution in [0.2, 0.25) is 0 Å². The molecule has 1 saturated carbocycles. The molecule has 0 heterocycles. The molecule has 0 spiro atoms. The van der Waals surface area contributed by atoms with Crippen molar-refractivity contribution in [2.75, 3.05) is 13.2 Å². The van der Waals surface area contributed by atoms with E-state index in [1.165, 1.54) is 70.6 Å². The summed E-state index contributed by atoms with van der Waals surface area (Å²) in [4.78, 5) is 35.6. The maximum absolute atomic E-state index is 12.8. The summed E-state index contributed by atoms with van der Waals surface area (Å²) in [5.41, 5.74) is 0. The van der Waals surface area contributed by atoms with Crippen molar-refractivity contribution in [3.63, 3.8) is 0 Å². The minimum atomic E-state index is -5.12. The third kappa shape index (κ3) is 27.2. The lowest BCUT2D eigenvalue weighted by Crippen LogP contribution is -2.64. The van der Waals surface area contributed by atoms with Crippen molar-refractivity contribution in [1.82, 2.24) is 0 Å². The van der Waals surface area contributed by atoms with Crippen molar-refractivity contribution < 1.29 is 63.1 Å². The van der Waals surface area contributed by atoms with E-state index in [9.17, 15) is 44.6 Å². The van der Waals surface area contributed by atoms with E-state index < -0.39 is 75.7 Å². The highest BCUT2D eigenvalue weighted by Crippen LogP contribution is 2.47. The Balaban J connectivity index is 2.48. The normalized spacial score (nSPS) is 22.7. The van der Waals surface area contributed by atoms with Gasteiger partial charge in [0, 0.05) is 12.8 Å². The first-order valence-electron chi connectivity index (χ1n) is 22.6. The Bertz CT molecular complexity index is 1120. The van der Waals surface area contributed by atoms with Crippen LogP contribution in [0.25, 0.3) is 0 Å². The summed E-state index contributed by atoms with van der Waals surface area (Å²) in [7, 11) is -5.12. The molecule has 0 radical (unpaired) electrons. The minimum Gasteiger partial charge on any atom is -0.462 e. The van der Waals surface area contributed by atoms with E-state index in [0.29, 0.717) is 12.8 Å². The van der Waals surface area contributed by atoms with Crippen LogP contribution in [-0.2, 0) is 32.7 Å². The van der Waals surface area contributed by atoms with Crippen LogP contribution in [-0.4, -0.2) is 98.3 Å². The van der Waals surface area contributed by atoms with Gasteiger partial charge in [-0.3, -0.25) is 18.6 Å². The van der Waals surface area contributed by atoms with Gasteiger partial charge >= 0.3 is 19.8 Å². The molecule has 8 atom stereocenters. The highest BCUT2D eigenvalue weighted by atomic mass is 31.2. The SMILES string of the molecule is CCCCCC/C=C\CCCCCCCC(=O)OC[C@H](COP(=O)(O)OC1C(O)C(O)C(O)[C@@H](O)C1O)OC(=O)CCCCCCC/C=C\CCCCCCCCC. The number of esters is 2. The molecule has 14 heteroatoms. The number of carbonyl (C=O) groups excluding carboxylic acids is 2. The van der Waals surface area contributed by atoms with E-state index in [-0.39, 0.29) is 12.8 Å². The summed E-state index contributed by atoms with van der Waals surface area (Å²) in [6.07, 6.45) is 23.8. The lowest BCUT2D eigenvalue weighted by atomic mass is 9.85. The molecule has 340 valence electrons. The van der Waals surface area contributed by atoms with Gasteiger partial charge in [-0.15, -0.1) is 0 Å². The average molecular weight is 849 g/mol. The average Bonchev–Trinajstić information content (AvgIpc) is 3.20. The van der Waals surface area contributed by atoms with Gasteiger partial charge in [-0.25, -0.2) is 4.57 Å². The molecule has 6 N–H and O–H groups in total. The number of hydrogen-bond acceptors (Lipinski definition) is 12. The number of ether oxygens (including phenoxy) is 2. The second-order valence-electron chi connectivity index (χ2n) is 15.9. The molecule has 6 unspecified atom stereocenters. The Kier molecular flexibility index (Phi) is 32.8. The molecule has 1 rings (SSSR count). The van der Waals surface area contributed by atoms with Gasteiger partial charge in [-0.1, -0.05) is 134 Å². The van der Waals surface area contributed by atoms with Crippen LogP contribution in [0, 0.1) is 0 Å². The third-order valence-corrected chi connectivity index (χ3v) is 11.5. The molecule has 1 fully saturated rings. The molecule has 1 aliphatic rings. The van der Waals surface area contributed by atoms with E-state index >= 15 is 0 Å². The molecule has 0 aromatic rings. The Hall–Kier alpha value is -1.67. The smallest absolute Gasteiger partial charge is 0.462 e. The number of aliphatic hydroxyl groups is 5. The number of phosphoric acid groups is 1. The number of rotatable bonds is 37. The first kappa shape index (κ1) is 54.3. The fourth-order valence-corrected chi connectivity index (χ4v) is 7.78. The quantitative estimate of drug-likeness (QED) is 0.0150. The van der Waals surface area contributed by atoms with Crippen LogP contribution < -0.4 is 0 Å². The summed E-state index contributed by atoms with van der Waals surface area (Å²) in [5, 5.41) is 50.1. The number of hydrogen-bond donors (Lipinski definition) is 6. The second kappa shape index (κ2) is 35.0. The molecule has 58 heavy (non-hydrogen) atoms. The molecule has 13 nitrogen and oxygen atoms in total. The third-order valence-electron chi connectivity index (χ3n) is 10.5. The zero-order chi connectivity index (χ0) is 42.9. The molecule has 1 aliphatic carbocycles. The lowest BCUT2D eigenvalue weighted by molar-refractivity contribution is -0.220. The predicted octanol–water partition coefficient (Wildman–Crippen LogP) is 8.45. The van der Waals surface area contributed by atoms with E-state index in [0.717, 1.165) is 77.0 Å². The highest BCUT2D eigenvalue weighted by Gasteiger charge is 2.51. The van der Waals surface area contributed by atoms with Crippen LogP contribution in [0.4, 0.5) is 0 Å². The molecular weight excluding hydrogens is 767 g/mol. The highest BCUT2D eigenvalue weighted by molar-refractivity contribution is 7.47. The molecular formula is C44H81O13P. The van der Waals surface area contributed by atoms with Gasteiger partial charge in [0.15, 0.2) is 6.10 Å².